The molecule has 216 valence electrons. The van der Waals surface area contributed by atoms with E-state index in [1.807, 2.05) is 49.8 Å². The smallest absolute Gasteiger partial charge is 0.263 e. The van der Waals surface area contributed by atoms with Crippen LogP contribution < -0.4 is 10.6 Å². The number of imidazole rings is 1. The number of unbranched alkanes of at least 4 members (excludes halogenated alkanes) is 2. The van der Waals surface area contributed by atoms with Gasteiger partial charge in [-0.25, -0.2) is 9.97 Å². The van der Waals surface area contributed by atoms with Crippen LogP contribution in [0.5, 0.6) is 0 Å². The lowest BCUT2D eigenvalue weighted by atomic mass is 10.1. The highest BCUT2D eigenvalue weighted by atomic mass is 32.1. The Labute approximate surface area is 244 Å². The molecule has 1 fully saturated rings. The number of rotatable bonds is 13. The maximum Gasteiger partial charge on any atom is 0.263 e. The van der Waals surface area contributed by atoms with Crippen molar-refractivity contribution in [3.05, 3.63) is 64.6 Å². The van der Waals surface area contributed by atoms with E-state index in [1.165, 1.54) is 24.2 Å². The minimum absolute atomic E-state index is 0.0505. The summed E-state index contributed by atoms with van der Waals surface area (Å²) >= 11 is 1.46. The third-order valence-electron chi connectivity index (χ3n) is 7.45. The van der Waals surface area contributed by atoms with Crippen molar-refractivity contribution >= 4 is 23.2 Å². The average molecular weight is 575 g/mol. The normalized spacial score (nSPS) is 14.3. The van der Waals surface area contributed by atoms with Gasteiger partial charge in [0, 0.05) is 32.3 Å². The molecule has 4 heterocycles. The van der Waals surface area contributed by atoms with Crippen LogP contribution in [0, 0.1) is 0 Å². The number of thiazole rings is 1. The maximum atomic E-state index is 13.3. The summed E-state index contributed by atoms with van der Waals surface area (Å²) in [5.74, 6) is 0.632. The van der Waals surface area contributed by atoms with Crippen molar-refractivity contribution in [1.82, 2.24) is 40.3 Å². The number of benzene rings is 1. The standard InChI is InChI=1S/C30H38N8O2S/c1-31-27(39)9-5-3-4-8-24(35-30(40)26-19-32-28(41-26)20-38-15-6-7-16-38)29-33-18-25(34-29)22-12-10-21(11-13-22)23-14-17-37(2)36-23/h10-14,17-19,24H,3-9,15-16,20H2,1-2H3,(H,31,39)(H,33,34)(H,35,40)/t24-/m0/s1. The third kappa shape index (κ3) is 7.68. The van der Waals surface area contributed by atoms with Gasteiger partial charge in [-0.2, -0.15) is 5.10 Å². The van der Waals surface area contributed by atoms with E-state index in [1.54, 1.807) is 17.9 Å². The molecule has 0 saturated carbocycles. The number of carbonyl (C=O) groups excluding carboxylic acids is 2. The molecule has 1 aliphatic heterocycles. The summed E-state index contributed by atoms with van der Waals surface area (Å²) in [5.41, 5.74) is 3.87. The van der Waals surface area contributed by atoms with Gasteiger partial charge in [-0.1, -0.05) is 37.1 Å². The van der Waals surface area contributed by atoms with Crippen LogP contribution in [0.2, 0.25) is 0 Å². The average Bonchev–Trinajstić information content (AvgIpc) is 3.81. The van der Waals surface area contributed by atoms with Gasteiger partial charge in [0.2, 0.25) is 5.91 Å². The zero-order valence-electron chi connectivity index (χ0n) is 23.7. The van der Waals surface area contributed by atoms with Crippen molar-refractivity contribution in [2.75, 3.05) is 20.1 Å². The van der Waals surface area contributed by atoms with Crippen LogP contribution in [-0.4, -0.2) is 61.6 Å². The second-order valence-electron chi connectivity index (χ2n) is 10.5. The van der Waals surface area contributed by atoms with Crippen molar-refractivity contribution in [2.45, 2.75) is 57.5 Å². The predicted molar refractivity (Wildman–Crippen MR) is 160 cm³/mol. The van der Waals surface area contributed by atoms with Gasteiger partial charge < -0.3 is 15.6 Å². The highest BCUT2D eigenvalue weighted by molar-refractivity contribution is 7.13. The molecule has 2 amide bonds. The number of hydrogen-bond acceptors (Lipinski definition) is 7. The maximum absolute atomic E-state index is 13.3. The second kappa shape index (κ2) is 13.7. The highest BCUT2D eigenvalue weighted by Gasteiger charge is 2.21. The van der Waals surface area contributed by atoms with E-state index < -0.39 is 0 Å². The quantitative estimate of drug-likeness (QED) is 0.199. The summed E-state index contributed by atoms with van der Waals surface area (Å²) in [6, 6.07) is 9.90. The molecule has 41 heavy (non-hydrogen) atoms. The molecule has 10 nitrogen and oxygen atoms in total. The van der Waals surface area contributed by atoms with E-state index in [9.17, 15) is 9.59 Å². The molecule has 1 aliphatic rings. The topological polar surface area (TPSA) is 121 Å². The molecule has 0 aliphatic carbocycles. The fraction of sp³-hybridized carbons (Fsp3) is 0.433. The summed E-state index contributed by atoms with van der Waals surface area (Å²) in [6.45, 7) is 2.99. The number of H-pyrrole nitrogens is 1. The Morgan fingerprint density at radius 3 is 2.54 bits per heavy atom. The van der Waals surface area contributed by atoms with Gasteiger partial charge in [0.1, 0.15) is 15.7 Å². The third-order valence-corrected chi connectivity index (χ3v) is 8.43. The number of hydrogen-bond donors (Lipinski definition) is 3. The number of nitrogens with zero attached hydrogens (tertiary/aromatic N) is 5. The fourth-order valence-electron chi connectivity index (χ4n) is 5.11. The Bertz CT molecular complexity index is 1430. The van der Waals surface area contributed by atoms with E-state index in [0.717, 1.165) is 72.2 Å². The Balaban J connectivity index is 1.26. The van der Waals surface area contributed by atoms with Gasteiger partial charge in [0.05, 0.1) is 36.4 Å². The van der Waals surface area contributed by atoms with E-state index in [0.29, 0.717) is 17.7 Å². The molecular weight excluding hydrogens is 536 g/mol. The largest absolute Gasteiger partial charge is 0.359 e. The van der Waals surface area contributed by atoms with Crippen LogP contribution in [-0.2, 0) is 18.4 Å². The molecule has 1 saturated heterocycles. The zero-order valence-corrected chi connectivity index (χ0v) is 24.5. The summed E-state index contributed by atoms with van der Waals surface area (Å²) < 4.78 is 1.79. The van der Waals surface area contributed by atoms with Crippen LogP contribution in [0.3, 0.4) is 0 Å². The van der Waals surface area contributed by atoms with Gasteiger partial charge >= 0.3 is 0 Å². The van der Waals surface area contributed by atoms with Gasteiger partial charge in [0.15, 0.2) is 0 Å². The summed E-state index contributed by atoms with van der Waals surface area (Å²) in [7, 11) is 3.56. The van der Waals surface area contributed by atoms with E-state index >= 15 is 0 Å². The lowest BCUT2D eigenvalue weighted by Gasteiger charge is -2.16. The molecule has 5 rings (SSSR count). The summed E-state index contributed by atoms with van der Waals surface area (Å²) in [4.78, 5) is 40.5. The second-order valence-corrected chi connectivity index (χ2v) is 11.6. The van der Waals surface area contributed by atoms with Crippen molar-refractivity contribution < 1.29 is 9.59 Å². The van der Waals surface area contributed by atoms with Gasteiger partial charge in [-0.3, -0.25) is 19.2 Å². The van der Waals surface area contributed by atoms with Crippen LogP contribution in [0.15, 0.2) is 48.9 Å². The number of nitrogens with one attached hydrogen (secondary N) is 3. The first-order valence-electron chi connectivity index (χ1n) is 14.3. The molecular formula is C30H38N8O2S. The molecule has 1 atom stereocenters. The lowest BCUT2D eigenvalue weighted by molar-refractivity contribution is -0.120. The van der Waals surface area contributed by atoms with Gasteiger partial charge in [-0.15, -0.1) is 11.3 Å². The Morgan fingerprint density at radius 2 is 1.80 bits per heavy atom. The Morgan fingerprint density at radius 1 is 1.02 bits per heavy atom. The van der Waals surface area contributed by atoms with Crippen LogP contribution >= 0.6 is 11.3 Å². The van der Waals surface area contributed by atoms with Crippen molar-refractivity contribution in [3.8, 4) is 22.5 Å². The first kappa shape index (κ1) is 28.7. The van der Waals surface area contributed by atoms with Gasteiger partial charge in [-0.05, 0) is 50.4 Å². The Kier molecular flexibility index (Phi) is 9.58. The van der Waals surface area contributed by atoms with E-state index in [-0.39, 0.29) is 17.9 Å². The van der Waals surface area contributed by atoms with Crippen molar-refractivity contribution in [3.63, 3.8) is 0 Å². The molecule has 3 aromatic heterocycles. The minimum atomic E-state index is -0.284. The number of carbonyl (C=O) groups is 2. The number of likely N-dealkylation sites (tertiary alicyclic amines) is 1. The lowest BCUT2D eigenvalue weighted by Crippen LogP contribution is -2.28. The predicted octanol–water partition coefficient (Wildman–Crippen LogP) is 4.70. The summed E-state index contributed by atoms with van der Waals surface area (Å²) in [5, 5.41) is 11.3. The molecule has 1 aromatic carbocycles. The first-order chi connectivity index (χ1) is 20.0. The molecule has 11 heteroatoms. The minimum Gasteiger partial charge on any atom is -0.359 e. The number of amides is 2. The van der Waals surface area contributed by atoms with Crippen LogP contribution in [0.25, 0.3) is 22.5 Å². The molecule has 0 unspecified atom stereocenters. The monoisotopic (exact) mass is 574 g/mol. The van der Waals surface area contributed by atoms with Crippen molar-refractivity contribution in [2.24, 2.45) is 7.05 Å². The van der Waals surface area contributed by atoms with Crippen molar-refractivity contribution in [1.29, 1.82) is 0 Å². The van der Waals surface area contributed by atoms with E-state index in [4.69, 9.17) is 0 Å². The van der Waals surface area contributed by atoms with E-state index in [2.05, 4.69) is 35.6 Å². The zero-order chi connectivity index (χ0) is 28.6. The van der Waals surface area contributed by atoms with Gasteiger partial charge in [0.25, 0.3) is 5.91 Å². The number of aromatic amines is 1. The molecule has 0 spiro atoms. The number of aryl methyl sites for hydroxylation is 1. The number of aromatic nitrogens is 5. The molecule has 0 bridgehead atoms. The summed E-state index contributed by atoms with van der Waals surface area (Å²) in [6.07, 6.45) is 11.7. The highest BCUT2D eigenvalue weighted by Crippen LogP contribution is 2.26. The fourth-order valence-corrected chi connectivity index (χ4v) is 5.98. The first-order valence-corrected chi connectivity index (χ1v) is 15.1. The SMILES string of the molecule is CNC(=O)CCCCC[C@H](NC(=O)c1cnc(CN2CCCC2)s1)c1ncc(-c2ccc(-c3ccn(C)n3)cc2)[nH]1. The van der Waals surface area contributed by atoms with Crippen LogP contribution in [0.4, 0.5) is 0 Å². The van der Waals surface area contributed by atoms with Crippen LogP contribution in [0.1, 0.15) is 71.5 Å². The Hall–Kier alpha value is -3.83. The molecule has 0 radical (unpaired) electrons. The molecule has 3 N–H and O–H groups in total. The molecule has 4 aromatic rings.